The van der Waals surface area contributed by atoms with Crippen LogP contribution in [0.2, 0.25) is 0 Å². The maximum Gasteiger partial charge on any atom is 0.273 e. The second-order valence-corrected chi connectivity index (χ2v) is 5.24. The number of Topliss-reactive ketones (excluding diaryl/α,β-unsaturated/α-hetero) is 1. The summed E-state index contributed by atoms with van der Waals surface area (Å²) < 4.78 is 0. The molecule has 0 bridgehead atoms. The summed E-state index contributed by atoms with van der Waals surface area (Å²) in [5.41, 5.74) is 0.966. The van der Waals surface area contributed by atoms with E-state index in [0.29, 0.717) is 5.56 Å². The quantitative estimate of drug-likeness (QED) is 0.597. The van der Waals surface area contributed by atoms with E-state index in [9.17, 15) is 14.9 Å². The number of nitro groups is 1. The molecule has 0 unspecified atom stereocenters. The summed E-state index contributed by atoms with van der Waals surface area (Å²) in [6, 6.07) is 4.85. The minimum absolute atomic E-state index is 0.00574. The van der Waals surface area contributed by atoms with Gasteiger partial charge in [-0.25, -0.2) is 0 Å². The standard InChI is InChI=1S/C13H17NO3/c1-9-5-6-11(14(16)17)10(7-9)8-12(15)13(2,3)4/h5-7H,8H2,1-4H3. The Balaban J connectivity index is 3.09. The monoisotopic (exact) mass is 235 g/mol. The first kappa shape index (κ1) is 13.4. The van der Waals surface area contributed by atoms with Crippen molar-refractivity contribution < 1.29 is 9.72 Å². The largest absolute Gasteiger partial charge is 0.299 e. The maximum atomic E-state index is 11.9. The molecule has 0 aliphatic heterocycles. The molecule has 0 fully saturated rings. The second-order valence-electron chi connectivity index (χ2n) is 5.24. The first-order valence-corrected chi connectivity index (χ1v) is 5.49. The first-order valence-electron chi connectivity index (χ1n) is 5.49. The van der Waals surface area contributed by atoms with Crippen LogP contribution in [0.1, 0.15) is 31.9 Å². The molecule has 0 atom stereocenters. The predicted molar refractivity (Wildman–Crippen MR) is 66.0 cm³/mol. The van der Waals surface area contributed by atoms with E-state index in [1.165, 1.54) is 6.07 Å². The number of benzene rings is 1. The van der Waals surface area contributed by atoms with Gasteiger partial charge in [-0.15, -0.1) is 0 Å². The van der Waals surface area contributed by atoms with E-state index in [1.54, 1.807) is 12.1 Å². The normalized spacial score (nSPS) is 11.3. The molecule has 1 rings (SSSR count). The summed E-state index contributed by atoms with van der Waals surface area (Å²) in [6.45, 7) is 7.31. The van der Waals surface area contributed by atoms with Crippen LogP contribution < -0.4 is 0 Å². The van der Waals surface area contributed by atoms with Crippen LogP contribution in [0.5, 0.6) is 0 Å². The third-order valence-electron chi connectivity index (χ3n) is 2.62. The number of nitrogens with zero attached hydrogens (tertiary/aromatic N) is 1. The van der Waals surface area contributed by atoms with Gasteiger partial charge in [0.15, 0.2) is 0 Å². The van der Waals surface area contributed by atoms with Crippen molar-refractivity contribution in [1.29, 1.82) is 0 Å². The van der Waals surface area contributed by atoms with Crippen LogP contribution in [0.3, 0.4) is 0 Å². The van der Waals surface area contributed by atoms with Gasteiger partial charge in [0.2, 0.25) is 0 Å². The van der Waals surface area contributed by atoms with Crippen molar-refractivity contribution in [3.63, 3.8) is 0 Å². The Kier molecular flexibility index (Phi) is 3.66. The van der Waals surface area contributed by atoms with Crippen molar-refractivity contribution in [3.8, 4) is 0 Å². The summed E-state index contributed by atoms with van der Waals surface area (Å²) >= 11 is 0. The highest BCUT2D eigenvalue weighted by atomic mass is 16.6. The van der Waals surface area contributed by atoms with Gasteiger partial charge < -0.3 is 0 Å². The highest BCUT2D eigenvalue weighted by molar-refractivity contribution is 5.86. The number of hydrogen-bond donors (Lipinski definition) is 0. The Morgan fingerprint density at radius 3 is 2.41 bits per heavy atom. The molecule has 1 aromatic rings. The zero-order valence-electron chi connectivity index (χ0n) is 10.6. The number of hydrogen-bond acceptors (Lipinski definition) is 3. The van der Waals surface area contributed by atoms with Crippen LogP contribution in [0.15, 0.2) is 18.2 Å². The molecule has 0 radical (unpaired) electrons. The lowest BCUT2D eigenvalue weighted by Gasteiger charge is -2.16. The molecule has 4 nitrogen and oxygen atoms in total. The maximum absolute atomic E-state index is 11.9. The number of nitro benzene ring substituents is 1. The lowest BCUT2D eigenvalue weighted by molar-refractivity contribution is -0.385. The van der Waals surface area contributed by atoms with Gasteiger partial charge in [-0.2, -0.15) is 0 Å². The molecular weight excluding hydrogens is 218 g/mol. The molecule has 92 valence electrons. The second kappa shape index (κ2) is 4.65. The topological polar surface area (TPSA) is 60.2 Å². The van der Waals surface area contributed by atoms with Crippen molar-refractivity contribution in [1.82, 2.24) is 0 Å². The highest BCUT2D eigenvalue weighted by Crippen LogP contribution is 2.24. The summed E-state index contributed by atoms with van der Waals surface area (Å²) in [5, 5.41) is 10.9. The van der Waals surface area contributed by atoms with Crippen LogP contribution in [0.4, 0.5) is 5.69 Å². The van der Waals surface area contributed by atoms with E-state index in [4.69, 9.17) is 0 Å². The molecule has 17 heavy (non-hydrogen) atoms. The lowest BCUT2D eigenvalue weighted by atomic mass is 9.86. The Hall–Kier alpha value is -1.71. The fourth-order valence-electron chi connectivity index (χ4n) is 1.47. The Morgan fingerprint density at radius 2 is 1.94 bits per heavy atom. The fraction of sp³-hybridized carbons (Fsp3) is 0.462. The Labute approximate surface area is 101 Å². The van der Waals surface area contributed by atoms with Gasteiger partial charge in [0.05, 0.1) is 4.92 Å². The molecule has 0 aliphatic carbocycles. The van der Waals surface area contributed by atoms with E-state index in [0.717, 1.165) is 5.56 Å². The number of carbonyl (C=O) groups is 1. The molecule has 0 saturated carbocycles. The zero-order valence-corrected chi connectivity index (χ0v) is 10.6. The van der Waals surface area contributed by atoms with Crippen molar-refractivity contribution in [2.75, 3.05) is 0 Å². The molecule has 0 aliphatic rings. The molecule has 0 heterocycles. The van der Waals surface area contributed by atoms with E-state index >= 15 is 0 Å². The molecule has 0 spiro atoms. The molecule has 0 N–H and O–H groups in total. The third kappa shape index (κ3) is 3.37. The van der Waals surface area contributed by atoms with Crippen LogP contribution in [0.25, 0.3) is 0 Å². The fourth-order valence-corrected chi connectivity index (χ4v) is 1.47. The number of rotatable bonds is 3. The van der Waals surface area contributed by atoms with E-state index in [-0.39, 0.29) is 17.9 Å². The van der Waals surface area contributed by atoms with Gasteiger partial charge in [-0.3, -0.25) is 14.9 Å². The minimum atomic E-state index is -0.475. The minimum Gasteiger partial charge on any atom is -0.299 e. The van der Waals surface area contributed by atoms with Crippen LogP contribution >= 0.6 is 0 Å². The Morgan fingerprint density at radius 1 is 1.35 bits per heavy atom. The van der Waals surface area contributed by atoms with Gasteiger partial charge in [0.1, 0.15) is 5.78 Å². The summed E-state index contributed by atoms with van der Waals surface area (Å²) in [4.78, 5) is 22.3. The number of carbonyl (C=O) groups excluding carboxylic acids is 1. The van der Waals surface area contributed by atoms with E-state index < -0.39 is 10.3 Å². The SMILES string of the molecule is Cc1ccc([N+](=O)[O-])c(CC(=O)C(C)(C)C)c1. The predicted octanol–water partition coefficient (Wildman–Crippen LogP) is 3.06. The molecule has 4 heteroatoms. The number of aryl methyl sites for hydroxylation is 1. The van der Waals surface area contributed by atoms with Crippen molar-refractivity contribution >= 4 is 11.5 Å². The summed E-state index contributed by atoms with van der Waals surface area (Å²) in [6.07, 6.45) is 0.113. The van der Waals surface area contributed by atoms with Crippen LogP contribution in [-0.2, 0) is 11.2 Å². The average molecular weight is 235 g/mol. The molecule has 1 aromatic carbocycles. The van der Waals surface area contributed by atoms with Crippen molar-refractivity contribution in [2.24, 2.45) is 5.41 Å². The zero-order chi connectivity index (χ0) is 13.2. The summed E-state index contributed by atoms with van der Waals surface area (Å²) in [7, 11) is 0. The van der Waals surface area contributed by atoms with Gasteiger partial charge in [0.25, 0.3) is 5.69 Å². The van der Waals surface area contributed by atoms with Gasteiger partial charge in [-0.1, -0.05) is 32.4 Å². The number of ketones is 1. The third-order valence-corrected chi connectivity index (χ3v) is 2.62. The van der Waals surface area contributed by atoms with Gasteiger partial charge >= 0.3 is 0 Å². The molecular formula is C13H17NO3. The molecule has 0 saturated heterocycles. The summed E-state index contributed by atoms with van der Waals surface area (Å²) in [5.74, 6) is 0.00574. The van der Waals surface area contributed by atoms with Gasteiger partial charge in [-0.05, 0) is 13.0 Å². The van der Waals surface area contributed by atoms with Crippen LogP contribution in [0, 0.1) is 22.5 Å². The molecule has 0 amide bonds. The Bertz CT molecular complexity index is 458. The lowest BCUT2D eigenvalue weighted by Crippen LogP contribution is -2.22. The highest BCUT2D eigenvalue weighted by Gasteiger charge is 2.24. The van der Waals surface area contributed by atoms with Crippen molar-refractivity contribution in [3.05, 3.63) is 39.4 Å². The first-order chi connectivity index (χ1) is 7.71. The van der Waals surface area contributed by atoms with Crippen LogP contribution in [-0.4, -0.2) is 10.7 Å². The average Bonchev–Trinajstić information content (AvgIpc) is 2.15. The smallest absolute Gasteiger partial charge is 0.273 e. The molecule has 0 aromatic heterocycles. The van der Waals surface area contributed by atoms with Crippen molar-refractivity contribution in [2.45, 2.75) is 34.1 Å². The van der Waals surface area contributed by atoms with E-state index in [1.807, 2.05) is 27.7 Å². The van der Waals surface area contributed by atoms with E-state index in [2.05, 4.69) is 0 Å². The van der Waals surface area contributed by atoms with Gasteiger partial charge in [0, 0.05) is 23.5 Å².